The van der Waals surface area contributed by atoms with Crippen molar-refractivity contribution in [2.75, 3.05) is 12.8 Å². The third-order valence-electron chi connectivity index (χ3n) is 3.08. The van der Waals surface area contributed by atoms with Crippen molar-refractivity contribution >= 4 is 23.5 Å². The van der Waals surface area contributed by atoms with E-state index in [-0.39, 0.29) is 16.9 Å². The zero-order valence-electron chi connectivity index (χ0n) is 12.6. The Hall–Kier alpha value is -3.62. The van der Waals surface area contributed by atoms with Crippen molar-refractivity contribution in [2.45, 2.75) is 0 Å². The number of carbonyl (C=O) groups is 1. The highest BCUT2D eigenvalue weighted by Crippen LogP contribution is 2.36. The number of para-hydroxylation sites is 1. The number of hydrazone groups is 1. The molecule has 0 aliphatic heterocycles. The Balaban J connectivity index is 2.20. The van der Waals surface area contributed by atoms with Crippen molar-refractivity contribution in [1.82, 2.24) is 5.43 Å². The molecule has 0 aliphatic rings. The molecule has 1 amide bonds. The van der Waals surface area contributed by atoms with Gasteiger partial charge in [-0.25, -0.2) is 5.43 Å². The van der Waals surface area contributed by atoms with Crippen LogP contribution in [0.15, 0.2) is 41.5 Å². The summed E-state index contributed by atoms with van der Waals surface area (Å²) in [6.45, 7) is 0. The van der Waals surface area contributed by atoms with Gasteiger partial charge in [-0.05, 0) is 18.2 Å². The van der Waals surface area contributed by atoms with Gasteiger partial charge in [0.05, 0.1) is 23.8 Å². The van der Waals surface area contributed by atoms with Gasteiger partial charge in [0.2, 0.25) is 5.75 Å². The normalized spacial score (nSPS) is 10.5. The minimum absolute atomic E-state index is 0.0794. The van der Waals surface area contributed by atoms with Crippen LogP contribution in [0.25, 0.3) is 0 Å². The van der Waals surface area contributed by atoms with Gasteiger partial charge in [-0.15, -0.1) is 0 Å². The SMILES string of the molecule is COc1cc(/C=N/NC(=O)c2ccccc2N)cc([N+](=O)[O-])c1O. The number of nitrogens with one attached hydrogen (secondary N) is 1. The van der Waals surface area contributed by atoms with Crippen LogP contribution in [0.4, 0.5) is 11.4 Å². The van der Waals surface area contributed by atoms with Crippen molar-refractivity contribution in [2.24, 2.45) is 5.10 Å². The minimum Gasteiger partial charge on any atom is -0.500 e. The summed E-state index contributed by atoms with van der Waals surface area (Å²) in [6, 6.07) is 8.90. The molecule has 0 unspecified atom stereocenters. The van der Waals surface area contributed by atoms with Gasteiger partial charge in [0.1, 0.15) is 0 Å². The first kappa shape index (κ1) is 16.7. The predicted molar refractivity (Wildman–Crippen MR) is 87.2 cm³/mol. The number of nitro benzene ring substituents is 1. The fourth-order valence-corrected chi connectivity index (χ4v) is 1.91. The summed E-state index contributed by atoms with van der Waals surface area (Å²) in [7, 11) is 1.26. The van der Waals surface area contributed by atoms with Crippen LogP contribution < -0.4 is 15.9 Å². The number of nitrogens with zero attached hydrogens (tertiary/aromatic N) is 2. The summed E-state index contributed by atoms with van der Waals surface area (Å²) >= 11 is 0. The van der Waals surface area contributed by atoms with E-state index in [9.17, 15) is 20.0 Å². The summed E-state index contributed by atoms with van der Waals surface area (Å²) in [5, 5.41) is 24.3. The van der Waals surface area contributed by atoms with Crippen LogP contribution in [0.1, 0.15) is 15.9 Å². The van der Waals surface area contributed by atoms with E-state index in [1.807, 2.05) is 0 Å². The van der Waals surface area contributed by atoms with Crippen LogP contribution in [0, 0.1) is 10.1 Å². The minimum atomic E-state index is -0.752. The Morgan fingerprint density at radius 1 is 1.42 bits per heavy atom. The zero-order valence-corrected chi connectivity index (χ0v) is 12.6. The number of nitro groups is 1. The summed E-state index contributed by atoms with van der Waals surface area (Å²) in [4.78, 5) is 22.1. The molecule has 0 aliphatic carbocycles. The largest absolute Gasteiger partial charge is 0.500 e. The molecule has 24 heavy (non-hydrogen) atoms. The first-order valence-electron chi connectivity index (χ1n) is 6.67. The Kier molecular flexibility index (Phi) is 4.95. The number of methoxy groups -OCH3 is 1. The van der Waals surface area contributed by atoms with Crippen LogP contribution in [-0.4, -0.2) is 29.3 Å². The van der Waals surface area contributed by atoms with Gasteiger partial charge >= 0.3 is 5.69 Å². The fourth-order valence-electron chi connectivity index (χ4n) is 1.91. The van der Waals surface area contributed by atoms with Crippen molar-refractivity contribution in [3.8, 4) is 11.5 Å². The number of anilines is 1. The third-order valence-corrected chi connectivity index (χ3v) is 3.08. The van der Waals surface area contributed by atoms with E-state index in [4.69, 9.17) is 10.5 Å². The maximum absolute atomic E-state index is 11.9. The van der Waals surface area contributed by atoms with Crippen LogP contribution in [0.5, 0.6) is 11.5 Å². The van der Waals surface area contributed by atoms with E-state index in [1.54, 1.807) is 18.2 Å². The molecular formula is C15H14N4O5. The van der Waals surface area contributed by atoms with Gasteiger partial charge in [0.15, 0.2) is 5.75 Å². The Morgan fingerprint density at radius 3 is 2.75 bits per heavy atom. The third kappa shape index (κ3) is 3.58. The Labute approximate surface area is 136 Å². The van der Waals surface area contributed by atoms with Crippen molar-refractivity contribution in [3.05, 3.63) is 57.6 Å². The van der Waals surface area contributed by atoms with Crippen LogP contribution in [-0.2, 0) is 0 Å². The first-order valence-corrected chi connectivity index (χ1v) is 6.67. The first-order chi connectivity index (χ1) is 11.4. The van der Waals surface area contributed by atoms with Crippen LogP contribution in [0.2, 0.25) is 0 Å². The van der Waals surface area contributed by atoms with Gasteiger partial charge in [0.25, 0.3) is 5.91 Å². The molecule has 2 rings (SSSR count). The quantitative estimate of drug-likeness (QED) is 0.329. The molecule has 0 radical (unpaired) electrons. The number of carbonyl (C=O) groups excluding carboxylic acids is 1. The molecule has 0 saturated carbocycles. The zero-order chi connectivity index (χ0) is 17.7. The number of ether oxygens (including phenoxy) is 1. The molecule has 0 aromatic heterocycles. The second-order valence-corrected chi connectivity index (χ2v) is 4.63. The molecule has 4 N–H and O–H groups in total. The monoisotopic (exact) mass is 330 g/mol. The lowest BCUT2D eigenvalue weighted by Crippen LogP contribution is -2.19. The topological polar surface area (TPSA) is 140 Å². The summed E-state index contributed by atoms with van der Waals surface area (Å²) in [6.07, 6.45) is 1.19. The highest BCUT2D eigenvalue weighted by atomic mass is 16.6. The second-order valence-electron chi connectivity index (χ2n) is 4.63. The number of nitrogens with two attached hydrogens (primary N) is 1. The number of phenolic OH excluding ortho intramolecular Hbond substituents is 1. The number of hydrogen-bond acceptors (Lipinski definition) is 7. The molecule has 2 aromatic carbocycles. The standard InChI is InChI=1S/C15H14N4O5/c1-24-13-7-9(6-12(14(13)20)19(22)23)8-17-18-15(21)10-4-2-3-5-11(10)16/h2-8,20H,16H2,1H3,(H,18,21)/b17-8+. The maximum Gasteiger partial charge on any atom is 0.315 e. The number of amides is 1. The fraction of sp³-hybridized carbons (Fsp3) is 0.0667. The number of nitrogen functional groups attached to an aromatic ring is 1. The average molecular weight is 330 g/mol. The molecule has 0 heterocycles. The van der Waals surface area contributed by atoms with Crippen molar-refractivity contribution < 1.29 is 19.6 Å². The Morgan fingerprint density at radius 2 is 2.12 bits per heavy atom. The lowest BCUT2D eigenvalue weighted by Gasteiger charge is -2.05. The predicted octanol–water partition coefficient (Wildman–Crippen LogP) is 1.66. The molecule has 124 valence electrons. The van der Waals surface area contributed by atoms with Crippen molar-refractivity contribution in [1.29, 1.82) is 0 Å². The number of rotatable bonds is 5. The lowest BCUT2D eigenvalue weighted by atomic mass is 10.2. The van der Waals surface area contributed by atoms with Crippen LogP contribution >= 0.6 is 0 Å². The average Bonchev–Trinajstić information content (AvgIpc) is 2.56. The molecule has 0 atom stereocenters. The second kappa shape index (κ2) is 7.09. The molecule has 9 heteroatoms. The maximum atomic E-state index is 11.9. The number of aromatic hydroxyl groups is 1. The summed E-state index contributed by atoms with van der Waals surface area (Å²) in [5.74, 6) is -1.19. The van der Waals surface area contributed by atoms with Gasteiger partial charge in [0, 0.05) is 17.3 Å². The molecule has 0 spiro atoms. The highest BCUT2D eigenvalue weighted by molar-refractivity contribution is 5.99. The van der Waals surface area contributed by atoms with E-state index >= 15 is 0 Å². The van der Waals surface area contributed by atoms with Gasteiger partial charge < -0.3 is 15.6 Å². The van der Waals surface area contributed by atoms with E-state index in [0.29, 0.717) is 5.69 Å². The van der Waals surface area contributed by atoms with Crippen molar-refractivity contribution in [3.63, 3.8) is 0 Å². The number of hydrogen-bond donors (Lipinski definition) is 3. The van der Waals surface area contributed by atoms with E-state index in [0.717, 1.165) is 6.07 Å². The highest BCUT2D eigenvalue weighted by Gasteiger charge is 2.19. The van der Waals surface area contributed by atoms with Gasteiger partial charge in [-0.3, -0.25) is 14.9 Å². The van der Waals surface area contributed by atoms with Gasteiger partial charge in [-0.1, -0.05) is 12.1 Å². The lowest BCUT2D eigenvalue weighted by molar-refractivity contribution is -0.386. The summed E-state index contributed by atoms with van der Waals surface area (Å²) < 4.78 is 4.87. The van der Waals surface area contributed by atoms with Crippen LogP contribution in [0.3, 0.4) is 0 Å². The van der Waals surface area contributed by atoms with E-state index in [2.05, 4.69) is 10.5 Å². The molecule has 0 fully saturated rings. The summed E-state index contributed by atoms with van der Waals surface area (Å²) in [5.41, 5.74) is 8.23. The molecule has 0 saturated heterocycles. The molecule has 0 bridgehead atoms. The van der Waals surface area contributed by atoms with Gasteiger partial charge in [-0.2, -0.15) is 5.10 Å². The van der Waals surface area contributed by atoms with E-state index in [1.165, 1.54) is 25.5 Å². The smallest absolute Gasteiger partial charge is 0.315 e. The van der Waals surface area contributed by atoms with E-state index < -0.39 is 22.3 Å². The molecule has 9 nitrogen and oxygen atoms in total. The Bertz CT molecular complexity index is 820. The number of phenols is 1. The molecular weight excluding hydrogens is 316 g/mol. The molecule has 2 aromatic rings. The number of benzene rings is 2.